The van der Waals surface area contributed by atoms with Crippen LogP contribution in [0.4, 0.5) is 0 Å². The summed E-state index contributed by atoms with van der Waals surface area (Å²) in [6.45, 7) is 8.07. The molecule has 2 nitrogen and oxygen atoms in total. The average Bonchev–Trinajstić information content (AvgIpc) is 2.25. The van der Waals surface area contributed by atoms with Crippen molar-refractivity contribution in [1.29, 1.82) is 0 Å². The van der Waals surface area contributed by atoms with E-state index in [1.165, 1.54) is 37.9 Å². The smallest absolute Gasteiger partial charge is 0.156 e. The van der Waals surface area contributed by atoms with Gasteiger partial charge in [0, 0.05) is 13.0 Å². The van der Waals surface area contributed by atoms with Crippen LogP contribution in [0.3, 0.4) is 0 Å². The summed E-state index contributed by atoms with van der Waals surface area (Å²) in [4.78, 5) is 14.2. The van der Waals surface area contributed by atoms with E-state index in [0.717, 1.165) is 25.8 Å². The molecule has 0 radical (unpaired) electrons. The fraction of sp³-hybridized carbons (Fsp3) is 0.800. The zero-order valence-corrected chi connectivity index (χ0v) is 12.5. The Labute approximate surface area is 117 Å². The molecule has 0 spiro atoms. The van der Waals surface area contributed by atoms with Crippen molar-refractivity contribution in [2.24, 2.45) is 5.41 Å². The highest BCUT2D eigenvalue weighted by molar-refractivity contribution is 5.91. The Morgan fingerprint density at radius 3 is 2.44 bits per heavy atom. The van der Waals surface area contributed by atoms with Gasteiger partial charge in [0.05, 0.1) is 0 Å². The highest BCUT2D eigenvalue weighted by Crippen LogP contribution is 2.34. The molecule has 1 heterocycles. The van der Waals surface area contributed by atoms with E-state index in [2.05, 4.69) is 18.7 Å². The zero-order valence-electron chi connectivity index (χ0n) is 11.7. The lowest BCUT2D eigenvalue weighted by Crippen LogP contribution is -2.31. The molecule has 0 unspecified atom stereocenters. The molecule has 0 bridgehead atoms. The summed E-state index contributed by atoms with van der Waals surface area (Å²) in [7, 11) is 0. The van der Waals surface area contributed by atoms with Crippen molar-refractivity contribution in [3.05, 3.63) is 11.6 Å². The number of allylic oxidation sites excluding steroid dienone is 1. The molecule has 2 rings (SSSR count). The van der Waals surface area contributed by atoms with Crippen LogP contribution in [0.5, 0.6) is 0 Å². The van der Waals surface area contributed by atoms with Crippen LogP contribution in [0.25, 0.3) is 0 Å². The second kappa shape index (κ2) is 6.72. The van der Waals surface area contributed by atoms with Crippen molar-refractivity contribution in [1.82, 2.24) is 4.90 Å². The predicted molar refractivity (Wildman–Crippen MR) is 78.3 cm³/mol. The molecule has 0 atom stereocenters. The maximum atomic E-state index is 11.7. The summed E-state index contributed by atoms with van der Waals surface area (Å²) >= 11 is 0. The first-order chi connectivity index (χ1) is 8.05. The third-order valence-corrected chi connectivity index (χ3v) is 3.92. The molecule has 1 aliphatic carbocycles. The van der Waals surface area contributed by atoms with Gasteiger partial charge < -0.3 is 4.90 Å². The molecule has 0 aromatic rings. The Kier molecular flexibility index (Phi) is 5.87. The fourth-order valence-electron chi connectivity index (χ4n) is 3.12. The second-order valence-corrected chi connectivity index (χ2v) is 6.44. The minimum absolute atomic E-state index is 0. The molecule has 1 aliphatic heterocycles. The Hall–Kier alpha value is -0.340. The summed E-state index contributed by atoms with van der Waals surface area (Å²) in [5.74, 6) is 0.329. The quantitative estimate of drug-likeness (QED) is 0.782. The highest BCUT2D eigenvalue weighted by Gasteiger charge is 2.27. The number of carbonyl (C=O) groups excluding carboxylic acids is 1. The third kappa shape index (κ3) is 4.74. The van der Waals surface area contributed by atoms with Crippen molar-refractivity contribution in [2.75, 3.05) is 19.6 Å². The van der Waals surface area contributed by atoms with E-state index in [0.29, 0.717) is 5.78 Å². The van der Waals surface area contributed by atoms with Crippen molar-refractivity contribution in [3.8, 4) is 0 Å². The Balaban J connectivity index is 0.00000162. The van der Waals surface area contributed by atoms with Crippen LogP contribution in [0.15, 0.2) is 11.6 Å². The maximum Gasteiger partial charge on any atom is 0.156 e. The van der Waals surface area contributed by atoms with Gasteiger partial charge in [-0.3, -0.25) is 4.79 Å². The minimum Gasteiger partial charge on any atom is -0.303 e. The van der Waals surface area contributed by atoms with Crippen molar-refractivity contribution in [2.45, 2.75) is 52.4 Å². The number of nitrogens with zero attached hydrogens (tertiary/aromatic N) is 1. The van der Waals surface area contributed by atoms with E-state index in [-0.39, 0.29) is 17.8 Å². The van der Waals surface area contributed by atoms with E-state index < -0.39 is 0 Å². The average molecular weight is 272 g/mol. The number of likely N-dealkylation sites (tertiary alicyclic amines) is 1. The van der Waals surface area contributed by atoms with Gasteiger partial charge in [-0.15, -0.1) is 12.4 Å². The normalized spacial score (nSPS) is 24.3. The SMILES string of the molecule is CC1(C)CC(=O)C=C(CCN2CCCCC2)C1.Cl. The first kappa shape index (κ1) is 15.7. The standard InChI is InChI=1S/C15H25NO.ClH/c1-15(2)11-13(10-14(17)12-15)6-9-16-7-4-3-5-8-16;/h10H,3-9,11-12H2,1-2H3;1H. The largest absolute Gasteiger partial charge is 0.303 e. The second-order valence-electron chi connectivity index (χ2n) is 6.44. The molecule has 1 fully saturated rings. The van der Waals surface area contributed by atoms with Gasteiger partial charge in [0.2, 0.25) is 0 Å². The summed E-state index contributed by atoms with van der Waals surface area (Å²) in [5.41, 5.74) is 1.56. The first-order valence-electron chi connectivity index (χ1n) is 7.00. The lowest BCUT2D eigenvalue weighted by atomic mass is 9.76. The summed E-state index contributed by atoms with van der Waals surface area (Å²) in [6, 6.07) is 0. The molecule has 3 heteroatoms. The molecule has 0 aromatic carbocycles. The Bertz CT molecular complexity index is 316. The molecule has 104 valence electrons. The molecule has 2 aliphatic rings. The van der Waals surface area contributed by atoms with Crippen molar-refractivity contribution < 1.29 is 4.79 Å². The van der Waals surface area contributed by atoms with Gasteiger partial charge in [0.1, 0.15) is 0 Å². The maximum absolute atomic E-state index is 11.7. The van der Waals surface area contributed by atoms with Crippen LogP contribution in [-0.2, 0) is 4.79 Å². The molecular weight excluding hydrogens is 246 g/mol. The molecule has 1 saturated heterocycles. The van der Waals surface area contributed by atoms with Gasteiger partial charge in [-0.05, 0) is 50.3 Å². The van der Waals surface area contributed by atoms with E-state index in [1.54, 1.807) is 0 Å². The van der Waals surface area contributed by atoms with E-state index >= 15 is 0 Å². The van der Waals surface area contributed by atoms with Gasteiger partial charge >= 0.3 is 0 Å². The van der Waals surface area contributed by atoms with Gasteiger partial charge in [-0.25, -0.2) is 0 Å². The van der Waals surface area contributed by atoms with Crippen LogP contribution >= 0.6 is 12.4 Å². The molecule has 0 saturated carbocycles. The molecule has 18 heavy (non-hydrogen) atoms. The summed E-state index contributed by atoms with van der Waals surface area (Å²) in [5, 5.41) is 0. The fourth-order valence-corrected chi connectivity index (χ4v) is 3.12. The summed E-state index contributed by atoms with van der Waals surface area (Å²) < 4.78 is 0. The van der Waals surface area contributed by atoms with Crippen molar-refractivity contribution in [3.63, 3.8) is 0 Å². The topological polar surface area (TPSA) is 20.3 Å². The third-order valence-electron chi connectivity index (χ3n) is 3.92. The Morgan fingerprint density at radius 1 is 1.17 bits per heavy atom. The van der Waals surface area contributed by atoms with E-state index in [9.17, 15) is 4.79 Å². The number of rotatable bonds is 3. The number of carbonyl (C=O) groups is 1. The number of hydrogen-bond acceptors (Lipinski definition) is 2. The lowest BCUT2D eigenvalue weighted by molar-refractivity contribution is -0.117. The van der Waals surface area contributed by atoms with Gasteiger partial charge in [0.15, 0.2) is 5.78 Å². The van der Waals surface area contributed by atoms with Crippen LogP contribution in [0, 0.1) is 5.41 Å². The van der Waals surface area contributed by atoms with Gasteiger partial charge in [-0.2, -0.15) is 0 Å². The van der Waals surface area contributed by atoms with Gasteiger partial charge in [0.25, 0.3) is 0 Å². The molecule has 0 aromatic heterocycles. The molecule has 0 amide bonds. The van der Waals surface area contributed by atoms with Crippen LogP contribution in [0.2, 0.25) is 0 Å². The van der Waals surface area contributed by atoms with E-state index in [1.807, 2.05) is 6.08 Å². The van der Waals surface area contributed by atoms with E-state index in [4.69, 9.17) is 0 Å². The monoisotopic (exact) mass is 271 g/mol. The molecule has 0 N–H and O–H groups in total. The predicted octanol–water partition coefficient (Wildman–Crippen LogP) is 3.60. The minimum atomic E-state index is 0. The number of piperidine rings is 1. The van der Waals surface area contributed by atoms with Crippen molar-refractivity contribution >= 4 is 18.2 Å². The lowest BCUT2D eigenvalue weighted by Gasteiger charge is -2.31. The highest BCUT2D eigenvalue weighted by atomic mass is 35.5. The van der Waals surface area contributed by atoms with Gasteiger partial charge in [-0.1, -0.05) is 25.8 Å². The van der Waals surface area contributed by atoms with Crippen LogP contribution < -0.4 is 0 Å². The van der Waals surface area contributed by atoms with Crippen LogP contribution in [0.1, 0.15) is 52.4 Å². The number of ketones is 1. The number of hydrogen-bond donors (Lipinski definition) is 0. The molecular formula is C15H26ClNO. The zero-order chi connectivity index (χ0) is 12.3. The van der Waals surface area contributed by atoms with Crippen LogP contribution in [-0.4, -0.2) is 30.3 Å². The Morgan fingerprint density at radius 2 is 1.83 bits per heavy atom. The summed E-state index contributed by atoms with van der Waals surface area (Å²) in [6.07, 6.45) is 8.93. The number of halogens is 1. The first-order valence-corrected chi connectivity index (χ1v) is 7.00.